The highest BCUT2D eigenvalue weighted by Crippen LogP contribution is 2.31. The molecule has 5 atom stereocenters. The Bertz CT molecular complexity index is 524. The van der Waals surface area contributed by atoms with Gasteiger partial charge in [-0.2, -0.15) is 0 Å². The number of hydrogen-bond donors (Lipinski definition) is 3. The standard InChI is InChI=1S/C21H37N3O4/c1-15(11-17-5-3-9-27-17)23-19(25)13-21(7-8-22-14-21)20(26)24-16(2)12-18-6-4-10-28-18/h15-18,22H,3-14H2,1-2H3,(H,23,25)(H,24,26). The van der Waals surface area contributed by atoms with Crippen LogP contribution >= 0.6 is 0 Å². The first-order valence-electron chi connectivity index (χ1n) is 11.0. The van der Waals surface area contributed by atoms with Crippen LogP contribution in [0.25, 0.3) is 0 Å². The summed E-state index contributed by atoms with van der Waals surface area (Å²) in [6, 6.07) is 0.109. The van der Waals surface area contributed by atoms with Crippen LogP contribution in [-0.4, -0.2) is 62.4 Å². The summed E-state index contributed by atoms with van der Waals surface area (Å²) in [5, 5.41) is 9.50. The van der Waals surface area contributed by atoms with E-state index in [1.54, 1.807) is 0 Å². The van der Waals surface area contributed by atoms with E-state index in [4.69, 9.17) is 9.47 Å². The van der Waals surface area contributed by atoms with E-state index in [-0.39, 0.29) is 42.5 Å². The topological polar surface area (TPSA) is 88.7 Å². The van der Waals surface area contributed by atoms with Gasteiger partial charge in [-0.3, -0.25) is 9.59 Å². The fourth-order valence-corrected chi connectivity index (χ4v) is 4.75. The third-order valence-corrected chi connectivity index (χ3v) is 6.29. The van der Waals surface area contributed by atoms with Crippen LogP contribution in [0.15, 0.2) is 0 Å². The number of nitrogens with one attached hydrogen (secondary N) is 3. The molecule has 3 rings (SSSR count). The van der Waals surface area contributed by atoms with Gasteiger partial charge in [-0.1, -0.05) is 0 Å². The molecule has 0 spiro atoms. The molecule has 7 heteroatoms. The van der Waals surface area contributed by atoms with Gasteiger partial charge in [-0.25, -0.2) is 0 Å². The van der Waals surface area contributed by atoms with Crippen molar-refractivity contribution in [3.05, 3.63) is 0 Å². The first-order chi connectivity index (χ1) is 13.5. The average Bonchev–Trinajstić information content (AvgIpc) is 3.37. The van der Waals surface area contributed by atoms with Gasteiger partial charge >= 0.3 is 0 Å². The van der Waals surface area contributed by atoms with Gasteiger partial charge in [0.1, 0.15) is 0 Å². The van der Waals surface area contributed by atoms with Gasteiger partial charge in [0.15, 0.2) is 0 Å². The van der Waals surface area contributed by atoms with E-state index in [2.05, 4.69) is 16.0 Å². The normalized spacial score (nSPS) is 32.2. The molecule has 0 aromatic rings. The van der Waals surface area contributed by atoms with Crippen molar-refractivity contribution in [3.8, 4) is 0 Å². The molecule has 3 aliphatic heterocycles. The van der Waals surface area contributed by atoms with E-state index in [1.165, 1.54) is 0 Å². The summed E-state index contributed by atoms with van der Waals surface area (Å²) in [5.74, 6) is -0.0546. The molecular weight excluding hydrogens is 358 g/mol. The monoisotopic (exact) mass is 395 g/mol. The van der Waals surface area contributed by atoms with Crippen LogP contribution in [0.3, 0.4) is 0 Å². The largest absolute Gasteiger partial charge is 0.378 e. The summed E-state index contributed by atoms with van der Waals surface area (Å²) in [7, 11) is 0. The van der Waals surface area contributed by atoms with Crippen molar-refractivity contribution in [2.75, 3.05) is 26.3 Å². The van der Waals surface area contributed by atoms with Gasteiger partial charge in [0, 0.05) is 38.3 Å². The van der Waals surface area contributed by atoms with Crippen LogP contribution in [0.4, 0.5) is 0 Å². The highest BCUT2D eigenvalue weighted by Gasteiger charge is 2.43. The summed E-state index contributed by atoms with van der Waals surface area (Å²) in [5.41, 5.74) is -0.654. The van der Waals surface area contributed by atoms with Gasteiger partial charge < -0.3 is 25.4 Å². The minimum Gasteiger partial charge on any atom is -0.378 e. The van der Waals surface area contributed by atoms with Gasteiger partial charge in [-0.15, -0.1) is 0 Å². The van der Waals surface area contributed by atoms with Crippen molar-refractivity contribution >= 4 is 11.8 Å². The average molecular weight is 396 g/mol. The van der Waals surface area contributed by atoms with Crippen molar-refractivity contribution < 1.29 is 19.1 Å². The lowest BCUT2D eigenvalue weighted by Crippen LogP contribution is -2.49. The van der Waals surface area contributed by atoms with Crippen LogP contribution < -0.4 is 16.0 Å². The molecule has 28 heavy (non-hydrogen) atoms. The maximum atomic E-state index is 13.1. The van der Waals surface area contributed by atoms with E-state index >= 15 is 0 Å². The quantitative estimate of drug-likeness (QED) is 0.551. The first-order valence-corrected chi connectivity index (χ1v) is 11.0. The number of hydrogen-bond acceptors (Lipinski definition) is 5. The molecule has 3 saturated heterocycles. The highest BCUT2D eigenvalue weighted by atomic mass is 16.5. The smallest absolute Gasteiger partial charge is 0.228 e. The molecule has 3 aliphatic rings. The number of amides is 2. The van der Waals surface area contributed by atoms with E-state index in [0.29, 0.717) is 13.0 Å². The SMILES string of the molecule is CC(CC1CCCO1)NC(=O)CC1(C(=O)NC(C)CC2CCCO2)CCNC1. The summed E-state index contributed by atoms with van der Waals surface area (Å²) in [6.45, 7) is 7.02. The molecule has 160 valence electrons. The summed E-state index contributed by atoms with van der Waals surface area (Å²) >= 11 is 0. The van der Waals surface area contributed by atoms with Gasteiger partial charge in [0.05, 0.1) is 17.6 Å². The summed E-state index contributed by atoms with van der Waals surface area (Å²) in [6.07, 6.45) is 7.42. The fourth-order valence-electron chi connectivity index (χ4n) is 4.75. The lowest BCUT2D eigenvalue weighted by atomic mass is 9.81. The van der Waals surface area contributed by atoms with Crippen molar-refractivity contribution in [1.29, 1.82) is 0 Å². The first kappa shape index (κ1) is 21.5. The zero-order valence-corrected chi connectivity index (χ0v) is 17.4. The minimum absolute atomic E-state index is 0.00933. The second kappa shape index (κ2) is 10.0. The molecule has 2 amide bonds. The highest BCUT2D eigenvalue weighted by molar-refractivity contribution is 5.89. The van der Waals surface area contributed by atoms with Gasteiger partial charge in [-0.05, 0) is 65.3 Å². The Balaban J connectivity index is 1.48. The maximum absolute atomic E-state index is 13.1. The molecule has 0 aromatic heterocycles. The molecule has 3 heterocycles. The molecular formula is C21H37N3O4. The second-order valence-corrected chi connectivity index (χ2v) is 8.97. The van der Waals surface area contributed by atoms with Gasteiger partial charge in [0.2, 0.25) is 11.8 Å². The Kier molecular flexibility index (Phi) is 7.71. The van der Waals surface area contributed by atoms with E-state index in [0.717, 1.165) is 58.3 Å². The zero-order valence-electron chi connectivity index (χ0n) is 17.4. The molecule has 5 unspecified atom stereocenters. The molecule has 3 fully saturated rings. The zero-order chi connectivity index (χ0) is 20.0. The van der Waals surface area contributed by atoms with Crippen molar-refractivity contribution in [2.45, 2.75) is 89.5 Å². The molecule has 3 N–H and O–H groups in total. The van der Waals surface area contributed by atoms with E-state index < -0.39 is 5.41 Å². The van der Waals surface area contributed by atoms with Crippen LogP contribution in [0.2, 0.25) is 0 Å². The maximum Gasteiger partial charge on any atom is 0.228 e. The predicted octanol–water partition coefficient (Wildman–Crippen LogP) is 1.50. The molecule has 0 aliphatic carbocycles. The second-order valence-electron chi connectivity index (χ2n) is 8.97. The third kappa shape index (κ3) is 5.91. The predicted molar refractivity (Wildman–Crippen MR) is 107 cm³/mol. The number of rotatable bonds is 9. The minimum atomic E-state index is -0.654. The van der Waals surface area contributed by atoms with E-state index in [1.807, 2.05) is 13.8 Å². The molecule has 0 saturated carbocycles. The van der Waals surface area contributed by atoms with Crippen LogP contribution in [0.5, 0.6) is 0 Å². The number of carbonyl (C=O) groups is 2. The van der Waals surface area contributed by atoms with Crippen LogP contribution in [0.1, 0.15) is 65.2 Å². The summed E-state index contributed by atoms with van der Waals surface area (Å²) in [4.78, 5) is 25.7. The number of carbonyl (C=O) groups excluding carboxylic acids is 2. The molecule has 0 bridgehead atoms. The fraction of sp³-hybridized carbons (Fsp3) is 0.905. The Hall–Kier alpha value is -1.18. The Morgan fingerprint density at radius 3 is 2.14 bits per heavy atom. The van der Waals surface area contributed by atoms with Crippen LogP contribution in [0, 0.1) is 5.41 Å². The molecule has 0 aromatic carbocycles. The summed E-state index contributed by atoms with van der Waals surface area (Å²) < 4.78 is 11.3. The lowest BCUT2D eigenvalue weighted by Gasteiger charge is -2.29. The van der Waals surface area contributed by atoms with Crippen molar-refractivity contribution in [1.82, 2.24) is 16.0 Å². The van der Waals surface area contributed by atoms with Crippen molar-refractivity contribution in [3.63, 3.8) is 0 Å². The van der Waals surface area contributed by atoms with Crippen LogP contribution in [-0.2, 0) is 19.1 Å². The lowest BCUT2D eigenvalue weighted by molar-refractivity contribution is -0.136. The Labute approximate surface area is 168 Å². The third-order valence-electron chi connectivity index (χ3n) is 6.29. The Morgan fingerprint density at radius 1 is 1.04 bits per heavy atom. The number of ether oxygens (including phenoxy) is 2. The Morgan fingerprint density at radius 2 is 1.64 bits per heavy atom. The van der Waals surface area contributed by atoms with Gasteiger partial charge in [0.25, 0.3) is 0 Å². The van der Waals surface area contributed by atoms with Crippen molar-refractivity contribution in [2.24, 2.45) is 5.41 Å². The molecule has 7 nitrogen and oxygen atoms in total. The van der Waals surface area contributed by atoms with E-state index in [9.17, 15) is 9.59 Å². The molecule has 0 radical (unpaired) electrons.